The van der Waals surface area contributed by atoms with E-state index in [0.717, 1.165) is 17.5 Å². The highest BCUT2D eigenvalue weighted by molar-refractivity contribution is 5.85. The standard InChI is InChI=1S/C20H23NO4/c1-3-15-10-7-11-17(12-15)25-14-19(22)21-18(20(23)24-2)13-16-8-5-4-6-9-16/h4-12,18H,3,13-14H2,1-2H3,(H,21,22). The van der Waals surface area contributed by atoms with E-state index in [0.29, 0.717) is 12.2 Å². The molecule has 2 aromatic rings. The number of methoxy groups -OCH3 is 1. The number of nitrogens with one attached hydrogen (secondary N) is 1. The predicted octanol–water partition coefficient (Wildman–Crippen LogP) is 2.53. The zero-order valence-electron chi connectivity index (χ0n) is 14.5. The van der Waals surface area contributed by atoms with Crippen LogP contribution in [0.3, 0.4) is 0 Å². The number of carbonyl (C=O) groups excluding carboxylic acids is 2. The molecule has 1 N–H and O–H groups in total. The van der Waals surface area contributed by atoms with Crippen LogP contribution in [0.25, 0.3) is 0 Å². The van der Waals surface area contributed by atoms with E-state index >= 15 is 0 Å². The average molecular weight is 341 g/mol. The van der Waals surface area contributed by atoms with Crippen molar-refractivity contribution in [3.8, 4) is 5.75 Å². The summed E-state index contributed by atoms with van der Waals surface area (Å²) >= 11 is 0. The molecule has 5 heteroatoms. The fraction of sp³-hybridized carbons (Fsp3) is 0.300. The Morgan fingerprint density at radius 1 is 1.04 bits per heavy atom. The monoisotopic (exact) mass is 341 g/mol. The number of hydrogen-bond donors (Lipinski definition) is 1. The van der Waals surface area contributed by atoms with E-state index in [2.05, 4.69) is 12.2 Å². The van der Waals surface area contributed by atoms with E-state index in [4.69, 9.17) is 9.47 Å². The van der Waals surface area contributed by atoms with Crippen molar-refractivity contribution in [1.82, 2.24) is 5.32 Å². The van der Waals surface area contributed by atoms with E-state index in [1.807, 2.05) is 48.5 Å². The first-order chi connectivity index (χ1) is 12.1. The molecule has 25 heavy (non-hydrogen) atoms. The summed E-state index contributed by atoms with van der Waals surface area (Å²) in [6.07, 6.45) is 1.26. The highest BCUT2D eigenvalue weighted by Crippen LogP contribution is 2.13. The van der Waals surface area contributed by atoms with Crippen molar-refractivity contribution in [1.29, 1.82) is 0 Å². The van der Waals surface area contributed by atoms with Gasteiger partial charge in [0.2, 0.25) is 0 Å². The van der Waals surface area contributed by atoms with E-state index < -0.39 is 12.0 Å². The average Bonchev–Trinajstić information content (AvgIpc) is 2.66. The molecule has 0 radical (unpaired) electrons. The highest BCUT2D eigenvalue weighted by atomic mass is 16.5. The van der Waals surface area contributed by atoms with Crippen LogP contribution in [0, 0.1) is 0 Å². The van der Waals surface area contributed by atoms with Gasteiger partial charge in [-0.15, -0.1) is 0 Å². The van der Waals surface area contributed by atoms with Crippen molar-refractivity contribution >= 4 is 11.9 Å². The fourth-order valence-electron chi connectivity index (χ4n) is 2.43. The van der Waals surface area contributed by atoms with Crippen LogP contribution in [0.1, 0.15) is 18.1 Å². The number of ether oxygens (including phenoxy) is 2. The van der Waals surface area contributed by atoms with Crippen LogP contribution in [-0.4, -0.2) is 31.6 Å². The molecule has 1 amide bonds. The molecule has 0 spiro atoms. The van der Waals surface area contributed by atoms with Gasteiger partial charge in [-0.2, -0.15) is 0 Å². The van der Waals surface area contributed by atoms with Crippen molar-refractivity contribution in [2.24, 2.45) is 0 Å². The summed E-state index contributed by atoms with van der Waals surface area (Å²) in [5, 5.41) is 2.68. The van der Waals surface area contributed by atoms with Gasteiger partial charge in [0.1, 0.15) is 11.8 Å². The second-order valence-corrected chi connectivity index (χ2v) is 5.62. The normalized spacial score (nSPS) is 11.4. The number of rotatable bonds is 8. The molecule has 0 heterocycles. The lowest BCUT2D eigenvalue weighted by Crippen LogP contribution is -2.44. The second-order valence-electron chi connectivity index (χ2n) is 5.62. The zero-order chi connectivity index (χ0) is 18.1. The van der Waals surface area contributed by atoms with Crippen molar-refractivity contribution in [2.75, 3.05) is 13.7 Å². The lowest BCUT2D eigenvalue weighted by molar-refractivity contribution is -0.145. The third kappa shape index (κ3) is 5.95. The molecule has 5 nitrogen and oxygen atoms in total. The second kappa shape index (κ2) is 9.47. The minimum Gasteiger partial charge on any atom is -0.484 e. The molecule has 2 rings (SSSR count). The first-order valence-corrected chi connectivity index (χ1v) is 8.25. The Morgan fingerprint density at radius 3 is 2.44 bits per heavy atom. The smallest absolute Gasteiger partial charge is 0.328 e. The van der Waals surface area contributed by atoms with Crippen LogP contribution in [0.2, 0.25) is 0 Å². The third-order valence-corrected chi connectivity index (χ3v) is 3.78. The zero-order valence-corrected chi connectivity index (χ0v) is 14.5. The van der Waals surface area contributed by atoms with Crippen LogP contribution in [-0.2, 0) is 27.2 Å². The molecular weight excluding hydrogens is 318 g/mol. The SMILES string of the molecule is CCc1cccc(OCC(=O)NC(Cc2ccccc2)C(=O)OC)c1. The summed E-state index contributed by atoms with van der Waals surface area (Å²) in [5.41, 5.74) is 2.07. The van der Waals surface area contributed by atoms with Gasteiger partial charge < -0.3 is 14.8 Å². The van der Waals surface area contributed by atoms with Gasteiger partial charge in [0, 0.05) is 6.42 Å². The van der Waals surface area contributed by atoms with Crippen molar-refractivity contribution in [3.05, 3.63) is 65.7 Å². The maximum absolute atomic E-state index is 12.1. The quantitative estimate of drug-likeness (QED) is 0.750. The van der Waals surface area contributed by atoms with Gasteiger partial charge in [-0.25, -0.2) is 4.79 Å². The molecule has 0 aliphatic rings. The Bertz CT molecular complexity index is 700. The van der Waals surface area contributed by atoms with Crippen LogP contribution < -0.4 is 10.1 Å². The Balaban J connectivity index is 1.93. The lowest BCUT2D eigenvalue weighted by atomic mass is 10.1. The number of esters is 1. The van der Waals surface area contributed by atoms with Gasteiger partial charge in [-0.3, -0.25) is 4.79 Å². The minimum absolute atomic E-state index is 0.157. The van der Waals surface area contributed by atoms with Gasteiger partial charge in [0.15, 0.2) is 6.61 Å². The number of aryl methyl sites for hydroxylation is 1. The summed E-state index contributed by atoms with van der Waals surface area (Å²) in [7, 11) is 1.30. The Hall–Kier alpha value is -2.82. The maximum Gasteiger partial charge on any atom is 0.328 e. The topological polar surface area (TPSA) is 64.6 Å². The molecule has 0 saturated carbocycles. The summed E-state index contributed by atoms with van der Waals surface area (Å²) < 4.78 is 10.3. The first kappa shape index (κ1) is 18.5. The summed E-state index contributed by atoms with van der Waals surface area (Å²) in [6.45, 7) is 1.89. The first-order valence-electron chi connectivity index (χ1n) is 8.25. The van der Waals surface area contributed by atoms with Gasteiger partial charge in [0.25, 0.3) is 5.91 Å². The molecule has 0 bridgehead atoms. The minimum atomic E-state index is -0.745. The van der Waals surface area contributed by atoms with Gasteiger partial charge in [-0.05, 0) is 29.7 Å². The Morgan fingerprint density at radius 2 is 1.76 bits per heavy atom. The van der Waals surface area contributed by atoms with Gasteiger partial charge in [0.05, 0.1) is 7.11 Å². The van der Waals surface area contributed by atoms with E-state index in [1.165, 1.54) is 7.11 Å². The summed E-state index contributed by atoms with van der Waals surface area (Å²) in [4.78, 5) is 24.1. The molecule has 0 aliphatic heterocycles. The van der Waals surface area contributed by atoms with E-state index in [9.17, 15) is 9.59 Å². The number of amides is 1. The molecular formula is C20H23NO4. The molecule has 132 valence electrons. The summed E-state index contributed by atoms with van der Waals surface area (Å²) in [5.74, 6) is -0.217. The lowest BCUT2D eigenvalue weighted by Gasteiger charge is -2.17. The van der Waals surface area contributed by atoms with Crippen molar-refractivity contribution in [3.63, 3.8) is 0 Å². The summed E-state index contributed by atoms with van der Waals surface area (Å²) in [6, 6.07) is 16.3. The molecule has 2 aromatic carbocycles. The van der Waals surface area contributed by atoms with Crippen LogP contribution in [0.4, 0.5) is 0 Å². The van der Waals surface area contributed by atoms with E-state index in [1.54, 1.807) is 6.07 Å². The largest absolute Gasteiger partial charge is 0.484 e. The van der Waals surface area contributed by atoms with Gasteiger partial charge >= 0.3 is 5.97 Å². The molecule has 1 unspecified atom stereocenters. The molecule has 0 aromatic heterocycles. The van der Waals surface area contributed by atoms with Crippen LogP contribution in [0.15, 0.2) is 54.6 Å². The van der Waals surface area contributed by atoms with Crippen LogP contribution >= 0.6 is 0 Å². The van der Waals surface area contributed by atoms with Gasteiger partial charge in [-0.1, -0.05) is 49.4 Å². The predicted molar refractivity (Wildman–Crippen MR) is 95.4 cm³/mol. The number of benzene rings is 2. The van der Waals surface area contributed by atoms with E-state index in [-0.39, 0.29) is 12.5 Å². The molecule has 0 fully saturated rings. The number of carbonyl (C=O) groups is 2. The molecule has 0 aliphatic carbocycles. The fourth-order valence-corrected chi connectivity index (χ4v) is 2.43. The van der Waals surface area contributed by atoms with Crippen molar-refractivity contribution < 1.29 is 19.1 Å². The van der Waals surface area contributed by atoms with Crippen molar-refractivity contribution in [2.45, 2.75) is 25.8 Å². The maximum atomic E-state index is 12.1. The van der Waals surface area contributed by atoms with Crippen LogP contribution in [0.5, 0.6) is 5.75 Å². The Kier molecular flexibility index (Phi) is 7.01. The highest BCUT2D eigenvalue weighted by Gasteiger charge is 2.22. The number of hydrogen-bond acceptors (Lipinski definition) is 4. The third-order valence-electron chi connectivity index (χ3n) is 3.78. The Labute approximate surface area is 148 Å². The molecule has 1 atom stereocenters. The molecule has 0 saturated heterocycles.